The van der Waals surface area contributed by atoms with Crippen molar-refractivity contribution in [1.82, 2.24) is 10.2 Å². The summed E-state index contributed by atoms with van der Waals surface area (Å²) in [4.78, 5) is 0. The maximum absolute atomic E-state index is 6.21. The zero-order valence-electron chi connectivity index (χ0n) is 10.3. The molecule has 0 aromatic carbocycles. The number of aromatic nitrogens is 2. The first-order chi connectivity index (χ1) is 8.22. The van der Waals surface area contributed by atoms with Crippen molar-refractivity contribution in [1.29, 1.82) is 0 Å². The van der Waals surface area contributed by atoms with Gasteiger partial charge in [0.1, 0.15) is 0 Å². The van der Waals surface area contributed by atoms with Crippen LogP contribution < -0.4 is 5.73 Å². The Bertz CT molecular complexity index is 355. The SMILES string of the molecule is CCC1CCC(N)C(Sc2nnc(SC)s2)C1. The third-order valence-electron chi connectivity index (χ3n) is 3.34. The standard InChI is InChI=1S/C11H19N3S3/c1-3-7-4-5-8(12)9(6-7)16-11-14-13-10(15-2)17-11/h7-9H,3-6,12H2,1-2H3. The Kier molecular flexibility index (Phi) is 5.14. The molecule has 0 aliphatic heterocycles. The molecule has 3 unspecified atom stereocenters. The molecule has 1 aromatic rings. The lowest BCUT2D eigenvalue weighted by Gasteiger charge is -2.32. The van der Waals surface area contributed by atoms with Crippen molar-refractivity contribution in [2.75, 3.05) is 6.26 Å². The van der Waals surface area contributed by atoms with E-state index in [0.717, 1.165) is 21.0 Å². The second kappa shape index (κ2) is 6.41. The van der Waals surface area contributed by atoms with E-state index < -0.39 is 0 Å². The van der Waals surface area contributed by atoms with Crippen molar-refractivity contribution < 1.29 is 0 Å². The van der Waals surface area contributed by atoms with Crippen LogP contribution in [0.15, 0.2) is 8.68 Å². The van der Waals surface area contributed by atoms with E-state index in [1.807, 2.05) is 18.0 Å². The van der Waals surface area contributed by atoms with Crippen LogP contribution in [0, 0.1) is 5.92 Å². The molecule has 2 rings (SSSR count). The maximum atomic E-state index is 6.21. The Balaban J connectivity index is 1.96. The lowest BCUT2D eigenvalue weighted by molar-refractivity contribution is 0.327. The molecule has 96 valence electrons. The second-order valence-electron chi connectivity index (χ2n) is 4.45. The van der Waals surface area contributed by atoms with Crippen molar-refractivity contribution in [2.24, 2.45) is 11.7 Å². The van der Waals surface area contributed by atoms with E-state index in [0.29, 0.717) is 11.3 Å². The number of hydrogen-bond acceptors (Lipinski definition) is 6. The molecule has 17 heavy (non-hydrogen) atoms. The van der Waals surface area contributed by atoms with Gasteiger partial charge < -0.3 is 5.73 Å². The predicted octanol–water partition coefficient (Wildman–Crippen LogP) is 3.26. The summed E-state index contributed by atoms with van der Waals surface area (Å²) in [6.07, 6.45) is 6.99. The molecule has 0 radical (unpaired) electrons. The van der Waals surface area contributed by atoms with Crippen LogP contribution in [0.3, 0.4) is 0 Å². The molecule has 6 heteroatoms. The van der Waals surface area contributed by atoms with Gasteiger partial charge in [-0.15, -0.1) is 10.2 Å². The van der Waals surface area contributed by atoms with Gasteiger partial charge in [0.15, 0.2) is 8.68 Å². The van der Waals surface area contributed by atoms with E-state index in [1.165, 1.54) is 19.3 Å². The molecule has 0 spiro atoms. The molecule has 2 N–H and O–H groups in total. The summed E-state index contributed by atoms with van der Waals surface area (Å²) in [7, 11) is 0. The van der Waals surface area contributed by atoms with Gasteiger partial charge >= 0.3 is 0 Å². The molecule has 3 atom stereocenters. The molecule has 0 bridgehead atoms. The molecule has 1 heterocycles. The highest BCUT2D eigenvalue weighted by molar-refractivity contribution is 8.03. The molecular formula is C11H19N3S3. The maximum Gasteiger partial charge on any atom is 0.175 e. The molecule has 1 aliphatic rings. The van der Waals surface area contributed by atoms with Gasteiger partial charge in [-0.25, -0.2) is 0 Å². The monoisotopic (exact) mass is 289 g/mol. The van der Waals surface area contributed by atoms with Gasteiger partial charge in [0, 0.05) is 11.3 Å². The van der Waals surface area contributed by atoms with E-state index >= 15 is 0 Å². The van der Waals surface area contributed by atoms with Crippen LogP contribution in [0.25, 0.3) is 0 Å². The summed E-state index contributed by atoms with van der Waals surface area (Å²) in [5.74, 6) is 0.847. The minimum atomic E-state index is 0.324. The molecule has 3 nitrogen and oxygen atoms in total. The van der Waals surface area contributed by atoms with Crippen molar-refractivity contribution in [3.05, 3.63) is 0 Å². The van der Waals surface area contributed by atoms with E-state index in [-0.39, 0.29) is 0 Å². The highest BCUT2D eigenvalue weighted by Gasteiger charge is 2.28. The van der Waals surface area contributed by atoms with E-state index in [9.17, 15) is 0 Å². The van der Waals surface area contributed by atoms with Crippen molar-refractivity contribution >= 4 is 34.9 Å². The summed E-state index contributed by atoms with van der Waals surface area (Å²) in [6, 6.07) is 0.324. The number of thioether (sulfide) groups is 2. The predicted molar refractivity (Wildman–Crippen MR) is 76.9 cm³/mol. The second-order valence-corrected chi connectivity index (χ2v) is 7.96. The first-order valence-electron chi connectivity index (χ1n) is 6.02. The fourth-order valence-electron chi connectivity index (χ4n) is 2.20. The van der Waals surface area contributed by atoms with Crippen LogP contribution in [0.1, 0.15) is 32.6 Å². The van der Waals surface area contributed by atoms with Gasteiger partial charge in [0.25, 0.3) is 0 Å². The van der Waals surface area contributed by atoms with Crippen LogP contribution in [0.2, 0.25) is 0 Å². The highest BCUT2D eigenvalue weighted by atomic mass is 32.2. The molecule has 0 saturated heterocycles. The quantitative estimate of drug-likeness (QED) is 0.862. The third-order valence-corrected chi connectivity index (χ3v) is 6.70. The Morgan fingerprint density at radius 3 is 2.76 bits per heavy atom. The topological polar surface area (TPSA) is 51.8 Å². The summed E-state index contributed by atoms with van der Waals surface area (Å²) in [6.45, 7) is 2.28. The van der Waals surface area contributed by atoms with Crippen molar-refractivity contribution in [2.45, 2.75) is 52.6 Å². The van der Waals surface area contributed by atoms with Crippen LogP contribution in [-0.4, -0.2) is 27.7 Å². The van der Waals surface area contributed by atoms with Gasteiger partial charge in [0.2, 0.25) is 0 Å². The van der Waals surface area contributed by atoms with E-state index in [2.05, 4.69) is 17.1 Å². The number of nitrogens with zero attached hydrogens (tertiary/aromatic N) is 2. The van der Waals surface area contributed by atoms with Crippen molar-refractivity contribution in [3.63, 3.8) is 0 Å². The van der Waals surface area contributed by atoms with Gasteiger partial charge in [-0.3, -0.25) is 0 Å². The summed E-state index contributed by atoms with van der Waals surface area (Å²) < 4.78 is 2.12. The lowest BCUT2D eigenvalue weighted by Crippen LogP contribution is -2.38. The Morgan fingerprint density at radius 2 is 2.12 bits per heavy atom. The molecule has 1 fully saturated rings. The fraction of sp³-hybridized carbons (Fsp3) is 0.818. The van der Waals surface area contributed by atoms with E-state index in [1.54, 1.807) is 23.1 Å². The van der Waals surface area contributed by atoms with Gasteiger partial charge in [0.05, 0.1) is 0 Å². The van der Waals surface area contributed by atoms with Crippen LogP contribution in [-0.2, 0) is 0 Å². The number of hydrogen-bond donors (Lipinski definition) is 1. The largest absolute Gasteiger partial charge is 0.327 e. The molecule has 0 amide bonds. The van der Waals surface area contributed by atoms with Crippen LogP contribution >= 0.6 is 34.9 Å². The van der Waals surface area contributed by atoms with E-state index in [4.69, 9.17) is 5.73 Å². The zero-order chi connectivity index (χ0) is 12.3. The van der Waals surface area contributed by atoms with Crippen LogP contribution in [0.4, 0.5) is 0 Å². The molecule has 1 saturated carbocycles. The summed E-state index contributed by atoms with van der Waals surface area (Å²) >= 11 is 5.18. The average Bonchev–Trinajstić information content (AvgIpc) is 2.80. The average molecular weight is 289 g/mol. The Hall–Kier alpha value is 0.220. The first kappa shape index (κ1) is 13.6. The Labute approximate surface area is 115 Å². The fourth-order valence-corrected chi connectivity index (χ4v) is 5.19. The van der Waals surface area contributed by atoms with Gasteiger partial charge in [-0.2, -0.15) is 0 Å². The first-order valence-corrected chi connectivity index (χ1v) is 8.94. The minimum Gasteiger partial charge on any atom is -0.327 e. The Morgan fingerprint density at radius 1 is 1.35 bits per heavy atom. The molecule has 1 aromatic heterocycles. The van der Waals surface area contributed by atoms with Crippen LogP contribution in [0.5, 0.6) is 0 Å². The molecular weight excluding hydrogens is 270 g/mol. The lowest BCUT2D eigenvalue weighted by atomic mass is 9.84. The molecule has 1 aliphatic carbocycles. The normalized spacial score (nSPS) is 29.5. The highest BCUT2D eigenvalue weighted by Crippen LogP contribution is 2.38. The zero-order valence-corrected chi connectivity index (χ0v) is 12.7. The smallest absolute Gasteiger partial charge is 0.175 e. The van der Waals surface area contributed by atoms with Crippen molar-refractivity contribution in [3.8, 4) is 0 Å². The minimum absolute atomic E-state index is 0.324. The van der Waals surface area contributed by atoms with Gasteiger partial charge in [-0.1, -0.05) is 48.2 Å². The number of rotatable bonds is 4. The number of nitrogens with two attached hydrogens (primary N) is 1. The van der Waals surface area contributed by atoms with Gasteiger partial charge in [-0.05, 0) is 31.4 Å². The summed E-state index contributed by atoms with van der Waals surface area (Å²) in [5.41, 5.74) is 6.21. The third kappa shape index (κ3) is 3.59. The summed E-state index contributed by atoms with van der Waals surface area (Å²) in [5, 5.41) is 8.88.